The fourth-order valence-electron chi connectivity index (χ4n) is 4.01. The van der Waals surface area contributed by atoms with Crippen LogP contribution in [-0.4, -0.2) is 26.5 Å². The molecule has 0 aliphatic heterocycles. The number of para-hydroxylation sites is 2. The Bertz CT molecular complexity index is 1440. The lowest BCUT2D eigenvalue weighted by Crippen LogP contribution is -2.34. The molecule has 0 fully saturated rings. The second kappa shape index (κ2) is 14.8. The Morgan fingerprint density at radius 3 is 1.95 bits per heavy atom. The maximum Gasteiger partial charge on any atom is 0.174 e. The third kappa shape index (κ3) is 8.53. The highest BCUT2D eigenvalue weighted by molar-refractivity contribution is 5.82. The van der Waals surface area contributed by atoms with Gasteiger partial charge in [-0.1, -0.05) is 66.7 Å². The Hall–Kier alpha value is -4.97. The average molecular weight is 530 g/mol. The van der Waals surface area contributed by atoms with Gasteiger partial charge < -0.3 is 5.32 Å². The van der Waals surface area contributed by atoms with E-state index in [4.69, 9.17) is 0 Å². The van der Waals surface area contributed by atoms with Crippen molar-refractivity contribution in [3.63, 3.8) is 0 Å². The molecule has 0 saturated heterocycles. The number of allylic oxidation sites excluding steroid dienone is 3. The first-order valence-electron chi connectivity index (χ1n) is 13.4. The lowest BCUT2D eigenvalue weighted by atomic mass is 10.1. The average Bonchev–Trinajstić information content (AvgIpc) is 3.01. The van der Waals surface area contributed by atoms with Gasteiger partial charge in [0.25, 0.3) is 0 Å². The zero-order valence-corrected chi connectivity index (χ0v) is 23.4. The Labute approximate surface area is 237 Å². The molecular weight excluding hydrogens is 492 g/mol. The van der Waals surface area contributed by atoms with Gasteiger partial charge in [0, 0.05) is 43.9 Å². The summed E-state index contributed by atoms with van der Waals surface area (Å²) in [6.07, 6.45) is 14.0. The number of hydrazone groups is 2. The standard InChI is InChI=1S/C34H37N6/c1-4-29(25-36-38(2)33-15-7-5-8-16-33)19-22-35-27-31-13-11-12-14-32(31)28-40-23-20-30(21-24-40)26-37-39(3)34-17-9-6-10-18-34/h4-26,35H,27-28H2,1-3H3/q+1/b22-19-,29-4+,36-25+. The van der Waals surface area contributed by atoms with Crippen LogP contribution < -0.4 is 19.9 Å². The summed E-state index contributed by atoms with van der Waals surface area (Å²) in [5.41, 5.74) is 6.71. The topological polar surface area (TPSA) is 47.1 Å². The van der Waals surface area contributed by atoms with E-state index in [2.05, 4.69) is 68.9 Å². The maximum absolute atomic E-state index is 4.56. The van der Waals surface area contributed by atoms with Gasteiger partial charge in [0.2, 0.25) is 0 Å². The molecule has 4 aromatic rings. The highest BCUT2D eigenvalue weighted by Crippen LogP contribution is 2.12. The lowest BCUT2D eigenvalue weighted by Gasteiger charge is -2.12. The van der Waals surface area contributed by atoms with Crippen LogP contribution in [0.2, 0.25) is 0 Å². The summed E-state index contributed by atoms with van der Waals surface area (Å²) in [7, 11) is 3.90. The van der Waals surface area contributed by atoms with E-state index in [-0.39, 0.29) is 0 Å². The van der Waals surface area contributed by atoms with Crippen LogP contribution in [0, 0.1) is 0 Å². The largest absolute Gasteiger partial charge is 0.387 e. The summed E-state index contributed by atoms with van der Waals surface area (Å²) in [6, 6.07) is 32.9. The van der Waals surface area contributed by atoms with Gasteiger partial charge in [0.1, 0.15) is 0 Å². The SMILES string of the molecule is C/C=C(\C=C/NCc1ccccc1C[n+]1ccc(/C=N/N(C)c2ccccc2)cc1)/C=N/N(C)c1ccccc1. The highest BCUT2D eigenvalue weighted by atomic mass is 15.4. The number of benzene rings is 3. The zero-order chi connectivity index (χ0) is 28.0. The summed E-state index contributed by atoms with van der Waals surface area (Å²) in [5.74, 6) is 0. The number of nitrogens with zero attached hydrogens (tertiary/aromatic N) is 5. The number of hydrogen-bond acceptors (Lipinski definition) is 5. The fraction of sp³-hybridized carbons (Fsp3) is 0.147. The van der Waals surface area contributed by atoms with Crippen LogP contribution in [0.3, 0.4) is 0 Å². The van der Waals surface area contributed by atoms with Crippen molar-refractivity contribution in [3.8, 4) is 0 Å². The van der Waals surface area contributed by atoms with Gasteiger partial charge in [-0.15, -0.1) is 0 Å². The molecule has 4 rings (SSSR count). The van der Waals surface area contributed by atoms with Crippen LogP contribution in [0.1, 0.15) is 23.6 Å². The Kier molecular flexibility index (Phi) is 10.4. The maximum atomic E-state index is 4.56. The summed E-state index contributed by atoms with van der Waals surface area (Å²) in [6.45, 7) is 3.54. The van der Waals surface area contributed by atoms with Gasteiger partial charge in [-0.05, 0) is 54.6 Å². The third-order valence-corrected chi connectivity index (χ3v) is 6.43. The van der Waals surface area contributed by atoms with E-state index in [9.17, 15) is 0 Å². The molecule has 0 spiro atoms. The molecule has 0 saturated carbocycles. The van der Waals surface area contributed by atoms with Crippen LogP contribution in [0.4, 0.5) is 11.4 Å². The van der Waals surface area contributed by atoms with Gasteiger partial charge in [-0.3, -0.25) is 10.0 Å². The lowest BCUT2D eigenvalue weighted by molar-refractivity contribution is -0.688. The molecule has 202 valence electrons. The van der Waals surface area contributed by atoms with Crippen molar-refractivity contribution in [2.24, 2.45) is 10.2 Å². The summed E-state index contributed by atoms with van der Waals surface area (Å²) in [4.78, 5) is 0. The number of nitrogens with one attached hydrogen (secondary N) is 1. The molecule has 1 aromatic heterocycles. The first kappa shape index (κ1) is 28.0. The second-order valence-corrected chi connectivity index (χ2v) is 9.28. The molecule has 1 N–H and O–H groups in total. The van der Waals surface area contributed by atoms with E-state index >= 15 is 0 Å². The van der Waals surface area contributed by atoms with E-state index in [1.807, 2.05) is 122 Å². The van der Waals surface area contributed by atoms with Crippen LogP contribution in [-0.2, 0) is 13.1 Å². The first-order valence-corrected chi connectivity index (χ1v) is 13.4. The van der Waals surface area contributed by atoms with Crippen LogP contribution in [0.25, 0.3) is 0 Å². The molecule has 0 amide bonds. The molecule has 0 aliphatic carbocycles. The smallest absolute Gasteiger partial charge is 0.174 e. The van der Waals surface area contributed by atoms with Crippen molar-refractivity contribution in [1.29, 1.82) is 0 Å². The number of aromatic nitrogens is 1. The van der Waals surface area contributed by atoms with Crippen molar-refractivity contribution in [2.75, 3.05) is 24.1 Å². The zero-order valence-electron chi connectivity index (χ0n) is 23.4. The number of hydrogen-bond donors (Lipinski definition) is 1. The van der Waals surface area contributed by atoms with E-state index < -0.39 is 0 Å². The van der Waals surface area contributed by atoms with E-state index in [1.54, 1.807) is 0 Å². The molecule has 0 atom stereocenters. The third-order valence-electron chi connectivity index (χ3n) is 6.43. The van der Waals surface area contributed by atoms with Gasteiger partial charge in [0.15, 0.2) is 18.9 Å². The monoisotopic (exact) mass is 529 g/mol. The van der Waals surface area contributed by atoms with Crippen LogP contribution in [0.15, 0.2) is 144 Å². The Morgan fingerprint density at radius 1 is 0.750 bits per heavy atom. The van der Waals surface area contributed by atoms with Gasteiger partial charge in [-0.2, -0.15) is 10.2 Å². The Balaban J connectivity index is 1.31. The highest BCUT2D eigenvalue weighted by Gasteiger charge is 2.07. The molecule has 0 unspecified atom stereocenters. The number of rotatable bonds is 12. The van der Waals surface area contributed by atoms with Crippen molar-refractivity contribution in [3.05, 3.63) is 150 Å². The fourth-order valence-corrected chi connectivity index (χ4v) is 4.01. The van der Waals surface area contributed by atoms with Gasteiger partial charge in [0.05, 0.1) is 23.8 Å². The van der Waals surface area contributed by atoms with Crippen molar-refractivity contribution in [2.45, 2.75) is 20.0 Å². The second-order valence-electron chi connectivity index (χ2n) is 9.28. The molecule has 6 nitrogen and oxygen atoms in total. The number of pyridine rings is 1. The molecule has 6 heteroatoms. The predicted molar refractivity (Wildman–Crippen MR) is 168 cm³/mol. The van der Waals surface area contributed by atoms with Crippen molar-refractivity contribution in [1.82, 2.24) is 5.32 Å². The van der Waals surface area contributed by atoms with Crippen LogP contribution >= 0.6 is 0 Å². The quantitative estimate of drug-likeness (QED) is 0.103. The molecule has 0 bridgehead atoms. The van der Waals surface area contributed by atoms with Gasteiger partial charge in [-0.25, -0.2) is 4.57 Å². The molecule has 3 aromatic carbocycles. The summed E-state index contributed by atoms with van der Waals surface area (Å²) < 4.78 is 2.19. The molecule has 1 heterocycles. The van der Waals surface area contributed by atoms with E-state index in [0.29, 0.717) is 0 Å². The molecule has 0 aliphatic rings. The minimum Gasteiger partial charge on any atom is -0.387 e. The number of anilines is 2. The van der Waals surface area contributed by atoms with E-state index in [1.165, 1.54) is 11.1 Å². The Morgan fingerprint density at radius 2 is 1.32 bits per heavy atom. The van der Waals surface area contributed by atoms with Gasteiger partial charge >= 0.3 is 0 Å². The van der Waals surface area contributed by atoms with Crippen LogP contribution in [0.5, 0.6) is 0 Å². The minimum absolute atomic E-state index is 0.738. The molecule has 40 heavy (non-hydrogen) atoms. The predicted octanol–water partition coefficient (Wildman–Crippen LogP) is 6.16. The summed E-state index contributed by atoms with van der Waals surface area (Å²) in [5, 5.41) is 16.3. The molecular formula is C34H37N6+. The van der Waals surface area contributed by atoms with E-state index in [0.717, 1.165) is 35.6 Å². The molecule has 0 radical (unpaired) electrons. The van der Waals surface area contributed by atoms with Crippen molar-refractivity contribution >= 4 is 23.8 Å². The first-order chi connectivity index (χ1) is 19.6. The summed E-state index contributed by atoms with van der Waals surface area (Å²) >= 11 is 0. The normalized spacial score (nSPS) is 11.9. The van der Waals surface area contributed by atoms with Crippen molar-refractivity contribution < 1.29 is 4.57 Å². The minimum atomic E-state index is 0.738.